The second kappa shape index (κ2) is 9.65. The van der Waals surface area contributed by atoms with E-state index in [0.717, 1.165) is 50.3 Å². The number of H-pyrrole nitrogens is 1. The van der Waals surface area contributed by atoms with Gasteiger partial charge in [0.25, 0.3) is 0 Å². The summed E-state index contributed by atoms with van der Waals surface area (Å²) in [6, 6.07) is 25.6. The number of carbonyl (C=O) groups is 1. The molecule has 3 aromatic carbocycles. The van der Waals surface area contributed by atoms with Crippen LogP contribution in [0.15, 0.2) is 91.3 Å². The number of benzene rings is 3. The van der Waals surface area contributed by atoms with E-state index in [2.05, 4.69) is 20.2 Å². The van der Waals surface area contributed by atoms with Gasteiger partial charge in [-0.15, -0.1) is 0 Å². The Bertz CT molecular complexity index is 1510. The molecule has 174 valence electrons. The molecule has 6 heteroatoms. The molecule has 0 fully saturated rings. The van der Waals surface area contributed by atoms with Gasteiger partial charge in [0.2, 0.25) is 5.91 Å². The summed E-state index contributed by atoms with van der Waals surface area (Å²) in [7, 11) is 2.00. The molecule has 1 amide bonds. The minimum Gasteiger partial charge on any atom is -0.358 e. The second-order valence-electron chi connectivity index (χ2n) is 8.51. The lowest BCUT2D eigenvalue weighted by Gasteiger charge is -2.23. The van der Waals surface area contributed by atoms with Crippen LogP contribution >= 0.6 is 11.6 Å². The van der Waals surface area contributed by atoms with Crippen molar-refractivity contribution in [3.05, 3.63) is 108 Å². The van der Waals surface area contributed by atoms with Crippen molar-refractivity contribution in [2.75, 3.05) is 17.3 Å². The fourth-order valence-electron chi connectivity index (χ4n) is 4.41. The Labute approximate surface area is 209 Å². The Kier molecular flexibility index (Phi) is 6.25. The summed E-state index contributed by atoms with van der Waals surface area (Å²) in [6.45, 7) is 2.00. The number of hydrogen-bond donors (Lipinski definition) is 2. The zero-order valence-corrected chi connectivity index (χ0v) is 20.3. The van der Waals surface area contributed by atoms with Crippen molar-refractivity contribution in [2.24, 2.45) is 0 Å². The number of aromatic amines is 1. The Morgan fingerprint density at radius 2 is 1.89 bits per heavy atom. The molecule has 5 aromatic rings. The van der Waals surface area contributed by atoms with Gasteiger partial charge in [0, 0.05) is 51.8 Å². The molecular weight excluding hydrogens is 456 g/mol. The summed E-state index contributed by atoms with van der Waals surface area (Å²) < 4.78 is 0. The molecule has 35 heavy (non-hydrogen) atoms. The van der Waals surface area contributed by atoms with Crippen LogP contribution in [-0.4, -0.2) is 22.9 Å². The van der Waals surface area contributed by atoms with E-state index in [4.69, 9.17) is 11.6 Å². The standard InChI is InChI=1S/C29H25ClN4O/c1-19-25(24-10-3-4-11-27(24)32-19)17-29(35)33-22-12-13-28(34(2)23-9-6-14-31-18-23)26(16-22)20-7-5-8-21(30)15-20/h3-16,18,32H,17H2,1-2H3,(H,33,35). The number of nitrogens with zero attached hydrogens (tertiary/aromatic N) is 2. The zero-order chi connectivity index (χ0) is 24.4. The van der Waals surface area contributed by atoms with E-state index in [9.17, 15) is 4.79 Å². The summed E-state index contributed by atoms with van der Waals surface area (Å²) >= 11 is 6.31. The van der Waals surface area contributed by atoms with Crippen LogP contribution in [-0.2, 0) is 11.2 Å². The van der Waals surface area contributed by atoms with Crippen molar-refractivity contribution in [1.29, 1.82) is 0 Å². The maximum Gasteiger partial charge on any atom is 0.228 e. The highest BCUT2D eigenvalue weighted by Crippen LogP contribution is 2.37. The van der Waals surface area contributed by atoms with Gasteiger partial charge in [-0.2, -0.15) is 0 Å². The topological polar surface area (TPSA) is 61.0 Å². The highest BCUT2D eigenvalue weighted by Gasteiger charge is 2.16. The molecule has 0 saturated heterocycles. The van der Waals surface area contributed by atoms with Gasteiger partial charge in [0.15, 0.2) is 0 Å². The maximum atomic E-state index is 13.1. The summed E-state index contributed by atoms with van der Waals surface area (Å²) in [6.07, 6.45) is 3.87. The predicted molar refractivity (Wildman–Crippen MR) is 145 cm³/mol. The first-order valence-electron chi connectivity index (χ1n) is 11.4. The first kappa shape index (κ1) is 22.7. The number of nitrogens with one attached hydrogen (secondary N) is 2. The van der Waals surface area contributed by atoms with Gasteiger partial charge < -0.3 is 15.2 Å². The van der Waals surface area contributed by atoms with E-state index >= 15 is 0 Å². The van der Waals surface area contributed by atoms with E-state index in [-0.39, 0.29) is 5.91 Å². The number of rotatable bonds is 6. The summed E-state index contributed by atoms with van der Waals surface area (Å²) in [4.78, 5) is 22.7. The Morgan fingerprint density at radius 1 is 1.03 bits per heavy atom. The number of anilines is 3. The molecule has 2 aromatic heterocycles. The number of amides is 1. The fourth-order valence-corrected chi connectivity index (χ4v) is 4.60. The molecule has 5 nitrogen and oxygen atoms in total. The summed E-state index contributed by atoms with van der Waals surface area (Å²) in [5, 5.41) is 4.82. The molecule has 0 saturated carbocycles. The minimum atomic E-state index is -0.0664. The van der Waals surface area contributed by atoms with E-state index in [0.29, 0.717) is 11.4 Å². The molecule has 0 aliphatic heterocycles. The van der Waals surface area contributed by atoms with Crippen LogP contribution in [0.4, 0.5) is 17.1 Å². The van der Waals surface area contributed by atoms with Crippen LogP contribution in [0.25, 0.3) is 22.0 Å². The van der Waals surface area contributed by atoms with Crippen LogP contribution in [0, 0.1) is 6.92 Å². The van der Waals surface area contributed by atoms with Crippen molar-refractivity contribution in [3.8, 4) is 11.1 Å². The van der Waals surface area contributed by atoms with Gasteiger partial charge in [-0.25, -0.2) is 0 Å². The molecular formula is C29H25ClN4O. The van der Waals surface area contributed by atoms with E-state index in [1.165, 1.54) is 0 Å². The molecule has 0 unspecified atom stereocenters. The highest BCUT2D eigenvalue weighted by atomic mass is 35.5. The molecule has 0 atom stereocenters. The molecule has 0 aliphatic carbocycles. The maximum absolute atomic E-state index is 13.1. The smallest absolute Gasteiger partial charge is 0.228 e. The Balaban J connectivity index is 1.47. The molecule has 2 heterocycles. The number of para-hydroxylation sites is 1. The predicted octanol–water partition coefficient (Wildman–Crippen LogP) is 7.14. The van der Waals surface area contributed by atoms with Crippen LogP contribution < -0.4 is 10.2 Å². The number of fused-ring (bicyclic) bond motifs is 1. The molecule has 5 rings (SSSR count). The van der Waals surface area contributed by atoms with Crippen molar-refractivity contribution in [1.82, 2.24) is 9.97 Å². The third-order valence-corrected chi connectivity index (χ3v) is 6.41. The monoisotopic (exact) mass is 480 g/mol. The van der Waals surface area contributed by atoms with Crippen LogP contribution in [0.5, 0.6) is 0 Å². The summed E-state index contributed by atoms with van der Waals surface area (Å²) in [5.74, 6) is -0.0664. The lowest BCUT2D eigenvalue weighted by Crippen LogP contribution is -2.15. The molecule has 0 spiro atoms. The largest absolute Gasteiger partial charge is 0.358 e. The highest BCUT2D eigenvalue weighted by molar-refractivity contribution is 6.30. The average Bonchev–Trinajstić information content (AvgIpc) is 3.19. The van der Waals surface area contributed by atoms with Gasteiger partial charge >= 0.3 is 0 Å². The van der Waals surface area contributed by atoms with Gasteiger partial charge in [0.1, 0.15) is 0 Å². The number of aryl methyl sites for hydroxylation is 1. The summed E-state index contributed by atoms with van der Waals surface area (Å²) in [5.41, 5.74) is 7.65. The van der Waals surface area contributed by atoms with Gasteiger partial charge in [0.05, 0.1) is 18.3 Å². The Hall–Kier alpha value is -4.09. The van der Waals surface area contributed by atoms with Crippen molar-refractivity contribution in [3.63, 3.8) is 0 Å². The second-order valence-corrected chi connectivity index (χ2v) is 8.95. The number of hydrogen-bond acceptors (Lipinski definition) is 3. The fraction of sp³-hybridized carbons (Fsp3) is 0.103. The first-order chi connectivity index (χ1) is 17.0. The normalized spacial score (nSPS) is 10.9. The van der Waals surface area contributed by atoms with Gasteiger partial charge in [-0.05, 0) is 66.6 Å². The van der Waals surface area contributed by atoms with Crippen LogP contribution in [0.3, 0.4) is 0 Å². The molecule has 0 bridgehead atoms. The molecule has 0 aliphatic rings. The number of aromatic nitrogens is 2. The molecule has 0 radical (unpaired) electrons. The van der Waals surface area contributed by atoms with Crippen molar-refractivity contribution < 1.29 is 4.79 Å². The SMILES string of the molecule is Cc1[nH]c2ccccc2c1CC(=O)Nc1ccc(N(C)c2cccnc2)c(-c2cccc(Cl)c2)c1. The zero-order valence-electron chi connectivity index (χ0n) is 19.5. The van der Waals surface area contributed by atoms with Crippen LogP contribution in [0.1, 0.15) is 11.3 Å². The van der Waals surface area contributed by atoms with Crippen molar-refractivity contribution >= 4 is 45.5 Å². The van der Waals surface area contributed by atoms with Gasteiger partial charge in [-0.3, -0.25) is 9.78 Å². The quantitative estimate of drug-likeness (QED) is 0.271. The average molecular weight is 481 g/mol. The third-order valence-electron chi connectivity index (χ3n) is 6.17. The number of carbonyl (C=O) groups excluding carboxylic acids is 1. The van der Waals surface area contributed by atoms with Crippen LogP contribution in [0.2, 0.25) is 5.02 Å². The van der Waals surface area contributed by atoms with E-state index < -0.39 is 0 Å². The lowest BCUT2D eigenvalue weighted by molar-refractivity contribution is -0.115. The lowest BCUT2D eigenvalue weighted by atomic mass is 10.0. The first-order valence-corrected chi connectivity index (χ1v) is 11.8. The minimum absolute atomic E-state index is 0.0664. The van der Waals surface area contributed by atoms with E-state index in [1.807, 2.05) is 99.0 Å². The Morgan fingerprint density at radius 3 is 2.69 bits per heavy atom. The van der Waals surface area contributed by atoms with Crippen molar-refractivity contribution in [2.45, 2.75) is 13.3 Å². The molecule has 2 N–H and O–H groups in total. The van der Waals surface area contributed by atoms with E-state index in [1.54, 1.807) is 6.20 Å². The number of halogens is 1. The van der Waals surface area contributed by atoms with Gasteiger partial charge in [-0.1, -0.05) is 41.9 Å². The third kappa shape index (κ3) is 4.77. The number of pyridine rings is 1.